The van der Waals surface area contributed by atoms with E-state index in [1.165, 1.54) is 116 Å². The van der Waals surface area contributed by atoms with Crippen molar-refractivity contribution in [1.82, 2.24) is 4.90 Å². The summed E-state index contributed by atoms with van der Waals surface area (Å²) >= 11 is 0. The summed E-state index contributed by atoms with van der Waals surface area (Å²) in [6.07, 6.45) is 41.1. The molecule has 0 saturated heterocycles. The number of nitrogens with zero attached hydrogens (tertiary/aromatic N) is 1. The molecule has 0 aromatic heterocycles. The van der Waals surface area contributed by atoms with Crippen molar-refractivity contribution in [2.24, 2.45) is 0 Å². The highest BCUT2D eigenvalue weighted by molar-refractivity contribution is 5.69. The lowest BCUT2D eigenvalue weighted by atomic mass is 10.0. The molecule has 6 heteroatoms. The second-order valence-corrected chi connectivity index (χ2v) is 15.2. The van der Waals surface area contributed by atoms with E-state index in [0.29, 0.717) is 19.4 Å². The number of hydrogen-bond donors (Lipinski definition) is 1. The molecular formula is C45H87NO5. The highest BCUT2D eigenvalue weighted by atomic mass is 16.5. The molecule has 0 atom stereocenters. The number of ether oxygens (including phenoxy) is 2. The molecule has 0 saturated carbocycles. The van der Waals surface area contributed by atoms with Gasteiger partial charge in [-0.1, -0.05) is 161 Å². The summed E-state index contributed by atoms with van der Waals surface area (Å²) < 4.78 is 11.4. The maximum Gasteiger partial charge on any atom is 0.306 e. The van der Waals surface area contributed by atoms with Crippen LogP contribution in [0.25, 0.3) is 0 Å². The first-order valence-corrected chi connectivity index (χ1v) is 22.4. The highest BCUT2D eigenvalue weighted by Crippen LogP contribution is 2.18. The maximum absolute atomic E-state index is 12.7. The summed E-state index contributed by atoms with van der Waals surface area (Å²) in [7, 11) is 0. The number of unbranched alkanes of at least 4 members (excludes halogenated alkanes) is 23. The van der Waals surface area contributed by atoms with Gasteiger partial charge in [-0.25, -0.2) is 0 Å². The number of aliphatic hydroxyl groups excluding tert-OH is 1. The summed E-state index contributed by atoms with van der Waals surface area (Å²) in [6.45, 7) is 10.2. The van der Waals surface area contributed by atoms with Crippen LogP contribution in [0.5, 0.6) is 0 Å². The number of esters is 2. The van der Waals surface area contributed by atoms with Crippen LogP contribution in [0.4, 0.5) is 0 Å². The number of allylic oxidation sites excluding steroid dienone is 1. The Hall–Kier alpha value is -1.40. The molecule has 302 valence electrons. The summed E-state index contributed by atoms with van der Waals surface area (Å²) in [4.78, 5) is 27.0. The van der Waals surface area contributed by atoms with Gasteiger partial charge in [0.25, 0.3) is 0 Å². The molecule has 0 amide bonds. The Kier molecular flexibility index (Phi) is 40.2. The highest BCUT2D eigenvalue weighted by Gasteiger charge is 2.14. The van der Waals surface area contributed by atoms with Gasteiger partial charge < -0.3 is 19.5 Å². The molecule has 0 aliphatic heterocycles. The third-order valence-electron chi connectivity index (χ3n) is 10.2. The van der Waals surface area contributed by atoms with E-state index in [-0.39, 0.29) is 24.6 Å². The van der Waals surface area contributed by atoms with Crippen molar-refractivity contribution in [3.05, 3.63) is 12.2 Å². The SMILES string of the molecule is CCCCCCC/C=C\COC(=O)CCCCCCCN(CCO)CCCCCCCC(=O)OC(CCCCCCCC)CCCCCCCC. The van der Waals surface area contributed by atoms with E-state index in [1.807, 2.05) is 6.08 Å². The predicted molar refractivity (Wildman–Crippen MR) is 218 cm³/mol. The van der Waals surface area contributed by atoms with Gasteiger partial charge in [-0.3, -0.25) is 9.59 Å². The zero-order chi connectivity index (χ0) is 37.3. The van der Waals surface area contributed by atoms with Crippen molar-refractivity contribution in [1.29, 1.82) is 0 Å². The van der Waals surface area contributed by atoms with Crippen molar-refractivity contribution < 1.29 is 24.2 Å². The van der Waals surface area contributed by atoms with Gasteiger partial charge in [0.15, 0.2) is 0 Å². The van der Waals surface area contributed by atoms with Crippen LogP contribution < -0.4 is 0 Å². The van der Waals surface area contributed by atoms with Gasteiger partial charge in [0.2, 0.25) is 0 Å². The summed E-state index contributed by atoms with van der Waals surface area (Å²) in [5.74, 6) is -0.0691. The van der Waals surface area contributed by atoms with E-state index in [9.17, 15) is 14.7 Å². The number of carbonyl (C=O) groups is 2. The molecule has 0 fully saturated rings. The fraction of sp³-hybridized carbons (Fsp3) is 0.911. The summed E-state index contributed by atoms with van der Waals surface area (Å²) in [5, 5.41) is 9.54. The van der Waals surface area contributed by atoms with Gasteiger partial charge in [-0.2, -0.15) is 0 Å². The second-order valence-electron chi connectivity index (χ2n) is 15.2. The van der Waals surface area contributed by atoms with Crippen LogP contribution in [0.1, 0.15) is 226 Å². The minimum absolute atomic E-state index is 0.0116. The molecule has 51 heavy (non-hydrogen) atoms. The summed E-state index contributed by atoms with van der Waals surface area (Å²) in [5.41, 5.74) is 0. The Morgan fingerprint density at radius 3 is 1.45 bits per heavy atom. The Morgan fingerprint density at radius 1 is 0.510 bits per heavy atom. The van der Waals surface area contributed by atoms with E-state index in [0.717, 1.165) is 96.7 Å². The molecule has 0 aliphatic rings. The molecule has 0 aromatic rings. The third kappa shape index (κ3) is 38.1. The van der Waals surface area contributed by atoms with E-state index in [4.69, 9.17) is 9.47 Å². The van der Waals surface area contributed by atoms with E-state index in [2.05, 4.69) is 31.7 Å². The minimum Gasteiger partial charge on any atom is -0.462 e. The molecular weight excluding hydrogens is 634 g/mol. The number of rotatable bonds is 41. The first kappa shape index (κ1) is 49.6. The van der Waals surface area contributed by atoms with Gasteiger partial charge in [-0.15, -0.1) is 0 Å². The lowest BCUT2D eigenvalue weighted by Gasteiger charge is -2.21. The lowest BCUT2D eigenvalue weighted by Crippen LogP contribution is -2.29. The molecule has 0 bridgehead atoms. The normalized spacial score (nSPS) is 11.7. The van der Waals surface area contributed by atoms with E-state index < -0.39 is 0 Å². The van der Waals surface area contributed by atoms with Gasteiger partial charge in [0, 0.05) is 19.4 Å². The van der Waals surface area contributed by atoms with Gasteiger partial charge in [0.1, 0.15) is 12.7 Å². The van der Waals surface area contributed by atoms with Crippen molar-refractivity contribution in [3.63, 3.8) is 0 Å². The largest absolute Gasteiger partial charge is 0.462 e. The van der Waals surface area contributed by atoms with Crippen molar-refractivity contribution in [3.8, 4) is 0 Å². The topological polar surface area (TPSA) is 76.1 Å². The molecule has 0 radical (unpaired) electrons. The number of aliphatic hydroxyl groups is 1. The summed E-state index contributed by atoms with van der Waals surface area (Å²) in [6, 6.07) is 0. The van der Waals surface area contributed by atoms with Gasteiger partial charge in [0.05, 0.1) is 6.61 Å². The zero-order valence-corrected chi connectivity index (χ0v) is 34.4. The Labute approximate surface area is 317 Å². The molecule has 1 N–H and O–H groups in total. The van der Waals surface area contributed by atoms with Crippen LogP contribution >= 0.6 is 0 Å². The molecule has 0 spiro atoms. The van der Waals surface area contributed by atoms with Crippen LogP contribution in [0.15, 0.2) is 12.2 Å². The van der Waals surface area contributed by atoms with Gasteiger partial charge in [-0.05, 0) is 77.3 Å². The van der Waals surface area contributed by atoms with Crippen LogP contribution in [-0.2, 0) is 19.1 Å². The van der Waals surface area contributed by atoms with Crippen LogP contribution in [0.3, 0.4) is 0 Å². The van der Waals surface area contributed by atoms with Crippen molar-refractivity contribution >= 4 is 11.9 Å². The monoisotopic (exact) mass is 722 g/mol. The van der Waals surface area contributed by atoms with Gasteiger partial charge >= 0.3 is 11.9 Å². The second kappa shape index (κ2) is 41.4. The predicted octanol–water partition coefficient (Wildman–Crippen LogP) is 12.8. The number of carbonyl (C=O) groups excluding carboxylic acids is 2. The number of hydrogen-bond acceptors (Lipinski definition) is 6. The first-order valence-electron chi connectivity index (χ1n) is 22.4. The third-order valence-corrected chi connectivity index (χ3v) is 10.2. The molecule has 0 rings (SSSR count). The zero-order valence-electron chi connectivity index (χ0n) is 34.4. The maximum atomic E-state index is 12.7. The Balaban J connectivity index is 3.96. The Bertz CT molecular complexity index is 741. The first-order chi connectivity index (χ1) is 25.1. The smallest absolute Gasteiger partial charge is 0.306 e. The van der Waals surface area contributed by atoms with Crippen molar-refractivity contribution in [2.75, 3.05) is 32.8 Å². The lowest BCUT2D eigenvalue weighted by molar-refractivity contribution is -0.150. The van der Waals surface area contributed by atoms with E-state index in [1.54, 1.807) is 0 Å². The standard InChI is InChI=1S/C45H87NO5/c1-4-7-10-13-16-17-26-33-42-50-44(48)36-29-22-18-24-31-38-46(40-41-47)39-32-25-19-23-30-37-45(49)51-43(34-27-20-14-11-8-5-2)35-28-21-15-12-9-6-3/h26,33,43,47H,4-25,27-32,34-42H2,1-3H3/b33-26-. The molecule has 0 aliphatic carbocycles. The fourth-order valence-electron chi connectivity index (χ4n) is 6.82. The van der Waals surface area contributed by atoms with Crippen LogP contribution in [-0.4, -0.2) is 60.9 Å². The fourth-order valence-corrected chi connectivity index (χ4v) is 6.82. The molecule has 0 unspecified atom stereocenters. The van der Waals surface area contributed by atoms with Crippen LogP contribution in [0.2, 0.25) is 0 Å². The van der Waals surface area contributed by atoms with E-state index >= 15 is 0 Å². The Morgan fingerprint density at radius 2 is 0.941 bits per heavy atom. The van der Waals surface area contributed by atoms with Crippen LogP contribution in [0, 0.1) is 0 Å². The average molecular weight is 722 g/mol. The molecule has 6 nitrogen and oxygen atoms in total. The molecule has 0 aromatic carbocycles. The average Bonchev–Trinajstić information content (AvgIpc) is 3.12. The minimum atomic E-state index is -0.0807. The molecule has 0 heterocycles. The quantitative estimate of drug-likeness (QED) is 0.0385. The van der Waals surface area contributed by atoms with Crippen molar-refractivity contribution in [2.45, 2.75) is 232 Å².